The van der Waals surface area contributed by atoms with E-state index in [0.29, 0.717) is 25.2 Å². The summed E-state index contributed by atoms with van der Waals surface area (Å²) < 4.78 is 39.6. The average Bonchev–Trinajstić information content (AvgIpc) is 3.58. The van der Waals surface area contributed by atoms with Crippen LogP contribution in [0.5, 0.6) is 5.75 Å². The zero-order valence-electron chi connectivity index (χ0n) is 21.6. The standard InChI is InChI=1S/C27H35N3O6S2/c1-19(2)15-30(38(33,34)23-8-9-26-21(13-23)10-11-35-26)16-25(31)24(12-20-6-4-3-5-7-20)29-27(32)36-17-22-14-28-18-37-22/h3-9,13-14,19,24-25,28,31H,10-12,15-18H2,1-2H3,(H,29,32)/t24-,25+/m0/s1. The van der Waals surface area contributed by atoms with Gasteiger partial charge < -0.3 is 25.2 Å². The van der Waals surface area contributed by atoms with Crippen molar-refractivity contribution in [1.29, 1.82) is 0 Å². The highest BCUT2D eigenvalue weighted by molar-refractivity contribution is 8.03. The maximum absolute atomic E-state index is 13.7. The smallest absolute Gasteiger partial charge is 0.407 e. The Hall–Kier alpha value is -2.73. The lowest BCUT2D eigenvalue weighted by Gasteiger charge is -2.30. The lowest BCUT2D eigenvalue weighted by Crippen LogP contribution is -2.51. The van der Waals surface area contributed by atoms with Crippen LogP contribution in [0.2, 0.25) is 0 Å². The van der Waals surface area contributed by atoms with Crippen LogP contribution in [0.25, 0.3) is 0 Å². The number of hydrogen-bond donors (Lipinski definition) is 3. The molecule has 2 aliphatic heterocycles. The van der Waals surface area contributed by atoms with Gasteiger partial charge in [0.05, 0.1) is 29.5 Å². The second-order valence-electron chi connectivity index (χ2n) is 9.77. The first-order valence-corrected chi connectivity index (χ1v) is 15.1. The van der Waals surface area contributed by atoms with Gasteiger partial charge in [-0.15, -0.1) is 11.8 Å². The summed E-state index contributed by atoms with van der Waals surface area (Å²) in [5.74, 6) is 1.45. The van der Waals surface area contributed by atoms with Gasteiger partial charge in [-0.25, -0.2) is 13.2 Å². The van der Waals surface area contributed by atoms with Crippen LogP contribution >= 0.6 is 11.8 Å². The van der Waals surface area contributed by atoms with Crippen LogP contribution in [-0.2, 0) is 27.6 Å². The van der Waals surface area contributed by atoms with Gasteiger partial charge in [0, 0.05) is 30.6 Å². The zero-order valence-corrected chi connectivity index (χ0v) is 23.3. The number of thioether (sulfide) groups is 1. The number of carbonyl (C=O) groups is 1. The van der Waals surface area contributed by atoms with Gasteiger partial charge in [-0.05, 0) is 41.7 Å². The highest BCUT2D eigenvalue weighted by Crippen LogP contribution is 2.29. The largest absolute Gasteiger partial charge is 0.493 e. The van der Waals surface area contributed by atoms with Gasteiger partial charge in [-0.2, -0.15) is 4.31 Å². The van der Waals surface area contributed by atoms with Crippen LogP contribution in [0.4, 0.5) is 4.79 Å². The van der Waals surface area contributed by atoms with E-state index < -0.39 is 28.3 Å². The van der Waals surface area contributed by atoms with Crippen molar-refractivity contribution in [2.45, 2.75) is 43.7 Å². The van der Waals surface area contributed by atoms with E-state index in [1.165, 1.54) is 4.31 Å². The third-order valence-corrected chi connectivity index (χ3v) is 9.02. The molecule has 0 aliphatic carbocycles. The molecule has 0 fully saturated rings. The van der Waals surface area contributed by atoms with Gasteiger partial charge in [-0.3, -0.25) is 0 Å². The van der Waals surface area contributed by atoms with Gasteiger partial charge in [-0.1, -0.05) is 44.2 Å². The van der Waals surface area contributed by atoms with Crippen LogP contribution in [0.15, 0.2) is 64.5 Å². The number of hydrogen-bond acceptors (Lipinski definition) is 8. The molecule has 206 valence electrons. The van der Waals surface area contributed by atoms with Crippen LogP contribution in [0.1, 0.15) is 25.0 Å². The summed E-state index contributed by atoms with van der Waals surface area (Å²) in [6.07, 6.45) is 0.906. The highest BCUT2D eigenvalue weighted by Gasteiger charge is 2.32. The molecular formula is C27H35N3O6S2. The molecule has 0 aromatic heterocycles. The molecule has 0 spiro atoms. The van der Waals surface area contributed by atoms with E-state index in [1.54, 1.807) is 36.2 Å². The topological polar surface area (TPSA) is 117 Å². The van der Waals surface area contributed by atoms with Crippen molar-refractivity contribution in [2.75, 3.05) is 32.2 Å². The highest BCUT2D eigenvalue weighted by atomic mass is 32.2. The van der Waals surface area contributed by atoms with Crippen LogP contribution < -0.4 is 15.4 Å². The minimum Gasteiger partial charge on any atom is -0.493 e. The Morgan fingerprint density at radius 3 is 2.71 bits per heavy atom. The summed E-state index contributed by atoms with van der Waals surface area (Å²) in [6.45, 7) is 4.53. The summed E-state index contributed by atoms with van der Waals surface area (Å²) in [7, 11) is -3.91. The number of aliphatic hydroxyl groups excluding tert-OH is 1. The van der Waals surface area contributed by atoms with E-state index in [9.17, 15) is 18.3 Å². The number of benzene rings is 2. The first-order chi connectivity index (χ1) is 18.2. The molecule has 9 nitrogen and oxygen atoms in total. The monoisotopic (exact) mass is 561 g/mol. The molecule has 0 saturated heterocycles. The lowest BCUT2D eigenvalue weighted by atomic mass is 10.0. The molecule has 2 aromatic carbocycles. The fraction of sp³-hybridized carbons (Fsp3) is 0.444. The van der Waals surface area contributed by atoms with E-state index in [2.05, 4.69) is 10.6 Å². The number of fused-ring (bicyclic) bond motifs is 1. The summed E-state index contributed by atoms with van der Waals surface area (Å²) in [5, 5.41) is 17.1. The molecule has 2 atom stereocenters. The minimum absolute atomic E-state index is 0.0195. The number of amides is 1. The third kappa shape index (κ3) is 7.43. The van der Waals surface area contributed by atoms with Crippen molar-refractivity contribution in [3.8, 4) is 5.75 Å². The summed E-state index contributed by atoms with van der Waals surface area (Å²) >= 11 is 1.55. The maximum atomic E-state index is 13.7. The lowest BCUT2D eigenvalue weighted by molar-refractivity contribution is 0.0918. The number of nitrogens with one attached hydrogen (secondary N) is 2. The molecule has 4 rings (SSSR count). The van der Waals surface area contributed by atoms with E-state index in [1.807, 2.05) is 44.2 Å². The number of ether oxygens (including phenoxy) is 2. The Balaban J connectivity index is 1.51. The first kappa shape index (κ1) is 28.3. The molecule has 11 heteroatoms. The van der Waals surface area contributed by atoms with Crippen LogP contribution in [0.3, 0.4) is 0 Å². The minimum atomic E-state index is -3.91. The predicted molar refractivity (Wildman–Crippen MR) is 147 cm³/mol. The number of rotatable bonds is 12. The molecular weight excluding hydrogens is 526 g/mol. The third-order valence-electron chi connectivity index (χ3n) is 6.27. The zero-order chi connectivity index (χ0) is 27.1. The van der Waals surface area contributed by atoms with Crippen molar-refractivity contribution in [3.05, 3.63) is 70.8 Å². The van der Waals surface area contributed by atoms with E-state index >= 15 is 0 Å². The molecule has 0 unspecified atom stereocenters. The Bertz CT molecular complexity index is 1240. The van der Waals surface area contributed by atoms with Crippen molar-refractivity contribution < 1.29 is 27.8 Å². The Labute approximate surface area is 228 Å². The number of aliphatic hydroxyl groups is 1. The molecule has 2 aliphatic rings. The van der Waals surface area contributed by atoms with Crippen molar-refractivity contribution in [2.24, 2.45) is 5.92 Å². The molecule has 2 heterocycles. The quantitative estimate of drug-likeness (QED) is 0.362. The van der Waals surface area contributed by atoms with E-state index in [0.717, 1.165) is 21.9 Å². The van der Waals surface area contributed by atoms with Crippen molar-refractivity contribution >= 4 is 27.9 Å². The Kier molecular flexibility index (Phi) is 9.59. The maximum Gasteiger partial charge on any atom is 0.407 e. The number of nitrogens with zero attached hydrogens (tertiary/aromatic N) is 1. The molecule has 2 aromatic rings. The van der Waals surface area contributed by atoms with E-state index in [-0.39, 0.29) is 30.5 Å². The number of carbonyl (C=O) groups excluding carboxylic acids is 1. The van der Waals surface area contributed by atoms with Crippen LogP contribution in [0, 0.1) is 5.92 Å². The van der Waals surface area contributed by atoms with Gasteiger partial charge in [0.25, 0.3) is 0 Å². The average molecular weight is 562 g/mol. The van der Waals surface area contributed by atoms with Gasteiger partial charge in [0.2, 0.25) is 10.0 Å². The molecule has 1 amide bonds. The molecule has 0 saturated carbocycles. The normalized spacial score (nSPS) is 16.4. The summed E-state index contributed by atoms with van der Waals surface area (Å²) in [5.41, 5.74) is 1.75. The summed E-state index contributed by atoms with van der Waals surface area (Å²) in [4.78, 5) is 13.7. The van der Waals surface area contributed by atoms with Crippen molar-refractivity contribution in [1.82, 2.24) is 14.9 Å². The fourth-order valence-corrected chi connectivity index (χ4v) is 6.72. The molecule has 0 radical (unpaired) electrons. The molecule has 3 N–H and O–H groups in total. The van der Waals surface area contributed by atoms with Gasteiger partial charge >= 0.3 is 6.09 Å². The summed E-state index contributed by atoms with van der Waals surface area (Å²) in [6, 6.07) is 13.5. The Morgan fingerprint density at radius 2 is 2.00 bits per heavy atom. The second kappa shape index (κ2) is 12.9. The SMILES string of the molecule is CC(C)CN(C[C@@H](O)[C@H](Cc1ccccc1)NC(=O)OCC1=CNCS1)S(=O)(=O)c1ccc2c(c1)CCO2. The number of sulfonamides is 1. The fourth-order valence-electron chi connectivity index (χ4n) is 4.38. The number of alkyl carbamates (subject to hydrolysis) is 1. The first-order valence-electron chi connectivity index (χ1n) is 12.7. The van der Waals surface area contributed by atoms with Gasteiger partial charge in [0.1, 0.15) is 12.4 Å². The second-order valence-corrected chi connectivity index (χ2v) is 12.8. The van der Waals surface area contributed by atoms with Gasteiger partial charge in [0.15, 0.2) is 0 Å². The van der Waals surface area contributed by atoms with E-state index in [4.69, 9.17) is 9.47 Å². The predicted octanol–water partition coefficient (Wildman–Crippen LogP) is 3.10. The van der Waals surface area contributed by atoms with Crippen molar-refractivity contribution in [3.63, 3.8) is 0 Å². The van der Waals surface area contributed by atoms with Crippen LogP contribution in [-0.4, -0.2) is 68.2 Å². The molecule has 0 bridgehead atoms. The molecule has 38 heavy (non-hydrogen) atoms. The Morgan fingerprint density at radius 1 is 1.21 bits per heavy atom.